The van der Waals surface area contributed by atoms with E-state index in [2.05, 4.69) is 72.6 Å². The molecule has 0 aliphatic heterocycles. The molecule has 100 valence electrons. The van der Waals surface area contributed by atoms with E-state index in [-0.39, 0.29) is 0 Å². The number of aryl methyl sites for hydroxylation is 1. The van der Waals surface area contributed by atoms with Gasteiger partial charge in [-0.3, -0.25) is 4.98 Å². The first-order chi connectivity index (χ1) is 10.3. The van der Waals surface area contributed by atoms with Crippen LogP contribution in [0.25, 0.3) is 32.8 Å². The summed E-state index contributed by atoms with van der Waals surface area (Å²) in [4.78, 5) is 4.53. The number of fused-ring (bicyclic) bond motifs is 2. The van der Waals surface area contributed by atoms with E-state index in [1.54, 1.807) is 0 Å². The minimum Gasteiger partial charge on any atom is -0.256 e. The van der Waals surface area contributed by atoms with Crippen LogP contribution in [0.4, 0.5) is 0 Å². The van der Waals surface area contributed by atoms with Gasteiger partial charge in [0.05, 0.1) is 5.52 Å². The van der Waals surface area contributed by atoms with Gasteiger partial charge >= 0.3 is 0 Å². The smallest absolute Gasteiger partial charge is 0.0737 e. The number of hydrogen-bond donors (Lipinski definition) is 0. The molecule has 3 aromatic carbocycles. The topological polar surface area (TPSA) is 12.9 Å². The van der Waals surface area contributed by atoms with Gasteiger partial charge in [-0.25, -0.2) is 0 Å². The fourth-order valence-electron chi connectivity index (χ4n) is 2.92. The van der Waals surface area contributed by atoms with Gasteiger partial charge in [-0.1, -0.05) is 54.6 Å². The lowest BCUT2D eigenvalue weighted by atomic mass is 9.96. The molecular formula is C20H15N. The van der Waals surface area contributed by atoms with Crippen molar-refractivity contribution in [2.45, 2.75) is 6.92 Å². The second-order valence-corrected chi connectivity index (χ2v) is 5.39. The third kappa shape index (κ3) is 1.98. The Morgan fingerprint density at radius 1 is 0.762 bits per heavy atom. The van der Waals surface area contributed by atoms with Crippen molar-refractivity contribution in [3.63, 3.8) is 0 Å². The van der Waals surface area contributed by atoms with E-state index >= 15 is 0 Å². The number of rotatable bonds is 1. The zero-order valence-corrected chi connectivity index (χ0v) is 11.9. The molecule has 0 radical (unpaired) electrons. The van der Waals surface area contributed by atoms with Crippen LogP contribution in [-0.2, 0) is 0 Å². The fraction of sp³-hybridized carbons (Fsp3) is 0.0500. The summed E-state index contributed by atoms with van der Waals surface area (Å²) < 4.78 is 0. The number of pyridine rings is 1. The fourth-order valence-corrected chi connectivity index (χ4v) is 2.92. The Morgan fingerprint density at radius 2 is 1.62 bits per heavy atom. The lowest BCUT2D eigenvalue weighted by Gasteiger charge is -2.09. The van der Waals surface area contributed by atoms with Gasteiger partial charge in [0.1, 0.15) is 0 Å². The van der Waals surface area contributed by atoms with Crippen molar-refractivity contribution in [2.24, 2.45) is 0 Å². The van der Waals surface area contributed by atoms with Crippen LogP contribution in [0.2, 0.25) is 0 Å². The predicted molar refractivity (Wildman–Crippen MR) is 89.4 cm³/mol. The Morgan fingerprint density at radius 3 is 2.52 bits per heavy atom. The normalized spacial score (nSPS) is 11.1. The lowest BCUT2D eigenvalue weighted by Crippen LogP contribution is -1.87. The van der Waals surface area contributed by atoms with Crippen LogP contribution < -0.4 is 0 Å². The molecule has 0 aliphatic rings. The van der Waals surface area contributed by atoms with Crippen molar-refractivity contribution < 1.29 is 0 Å². The highest BCUT2D eigenvalue weighted by molar-refractivity contribution is 5.98. The second-order valence-electron chi connectivity index (χ2n) is 5.39. The molecule has 0 saturated carbocycles. The van der Waals surface area contributed by atoms with Crippen molar-refractivity contribution in [3.8, 4) is 11.1 Å². The van der Waals surface area contributed by atoms with E-state index in [1.807, 2.05) is 12.3 Å². The molecule has 1 heteroatoms. The first kappa shape index (κ1) is 12.1. The number of nitrogens with zero attached hydrogens (tertiary/aromatic N) is 1. The van der Waals surface area contributed by atoms with E-state index < -0.39 is 0 Å². The maximum absolute atomic E-state index is 4.53. The molecule has 0 saturated heterocycles. The van der Waals surface area contributed by atoms with Gasteiger partial charge in [-0.2, -0.15) is 0 Å². The van der Waals surface area contributed by atoms with Crippen molar-refractivity contribution in [2.75, 3.05) is 0 Å². The lowest BCUT2D eigenvalue weighted by molar-refractivity contribution is 1.37. The molecule has 0 atom stereocenters. The Bertz CT molecular complexity index is 954. The number of hydrogen-bond acceptors (Lipinski definition) is 1. The number of benzene rings is 3. The molecule has 0 fully saturated rings. The van der Waals surface area contributed by atoms with Gasteiger partial charge in [0.2, 0.25) is 0 Å². The van der Waals surface area contributed by atoms with Gasteiger partial charge in [-0.15, -0.1) is 0 Å². The van der Waals surface area contributed by atoms with Gasteiger partial charge in [0.25, 0.3) is 0 Å². The third-order valence-corrected chi connectivity index (χ3v) is 4.03. The summed E-state index contributed by atoms with van der Waals surface area (Å²) in [6.07, 6.45) is 1.86. The largest absolute Gasteiger partial charge is 0.256 e. The van der Waals surface area contributed by atoms with Crippen LogP contribution in [-0.4, -0.2) is 4.98 Å². The molecule has 0 aliphatic carbocycles. The molecule has 4 rings (SSSR count). The van der Waals surface area contributed by atoms with Crippen LogP contribution in [0, 0.1) is 6.92 Å². The first-order valence-electron chi connectivity index (χ1n) is 7.16. The predicted octanol–water partition coefficient (Wildman–Crippen LogP) is 5.36. The molecule has 0 spiro atoms. The maximum Gasteiger partial charge on any atom is 0.0737 e. The van der Waals surface area contributed by atoms with Crippen LogP contribution >= 0.6 is 0 Å². The molecular weight excluding hydrogens is 254 g/mol. The van der Waals surface area contributed by atoms with Crippen LogP contribution in [0.3, 0.4) is 0 Å². The average molecular weight is 269 g/mol. The van der Waals surface area contributed by atoms with Crippen LogP contribution in [0.5, 0.6) is 0 Å². The van der Waals surface area contributed by atoms with Gasteiger partial charge < -0.3 is 0 Å². The first-order valence-corrected chi connectivity index (χ1v) is 7.16. The third-order valence-electron chi connectivity index (χ3n) is 4.03. The highest BCUT2D eigenvalue weighted by Gasteiger charge is 2.07. The minimum atomic E-state index is 1.09. The molecule has 0 N–H and O–H groups in total. The molecule has 0 unspecified atom stereocenters. The van der Waals surface area contributed by atoms with Gasteiger partial charge in [-0.05, 0) is 46.5 Å². The standard InChI is InChI=1S/C20H15N/c1-14-8-11-18(19-7-4-12-21-20(14)19)17-10-9-15-5-2-3-6-16(15)13-17/h2-13H,1H3. The number of aromatic nitrogens is 1. The maximum atomic E-state index is 4.53. The van der Waals surface area contributed by atoms with Crippen molar-refractivity contribution in [1.82, 2.24) is 4.98 Å². The monoisotopic (exact) mass is 269 g/mol. The van der Waals surface area contributed by atoms with Gasteiger partial charge in [0, 0.05) is 11.6 Å². The summed E-state index contributed by atoms with van der Waals surface area (Å²) in [5.41, 5.74) is 4.79. The summed E-state index contributed by atoms with van der Waals surface area (Å²) in [5.74, 6) is 0. The van der Waals surface area contributed by atoms with E-state index in [1.165, 1.54) is 32.8 Å². The Balaban J connectivity index is 2.02. The van der Waals surface area contributed by atoms with E-state index in [0.29, 0.717) is 0 Å². The Labute approximate surface area is 123 Å². The minimum absolute atomic E-state index is 1.09. The molecule has 0 amide bonds. The second kappa shape index (κ2) is 4.71. The Hall–Kier alpha value is -2.67. The highest BCUT2D eigenvalue weighted by atomic mass is 14.6. The van der Waals surface area contributed by atoms with Crippen molar-refractivity contribution in [3.05, 3.63) is 78.5 Å². The molecule has 21 heavy (non-hydrogen) atoms. The van der Waals surface area contributed by atoms with E-state index in [0.717, 1.165) is 5.52 Å². The summed E-state index contributed by atoms with van der Waals surface area (Å²) >= 11 is 0. The highest BCUT2D eigenvalue weighted by Crippen LogP contribution is 2.31. The zero-order valence-electron chi connectivity index (χ0n) is 11.9. The molecule has 1 heterocycles. The van der Waals surface area contributed by atoms with E-state index in [4.69, 9.17) is 0 Å². The van der Waals surface area contributed by atoms with Crippen molar-refractivity contribution in [1.29, 1.82) is 0 Å². The van der Waals surface area contributed by atoms with E-state index in [9.17, 15) is 0 Å². The summed E-state index contributed by atoms with van der Waals surface area (Å²) in [6, 6.07) is 23.6. The summed E-state index contributed by atoms with van der Waals surface area (Å²) in [7, 11) is 0. The average Bonchev–Trinajstić information content (AvgIpc) is 2.55. The Kier molecular flexibility index (Phi) is 2.71. The zero-order chi connectivity index (χ0) is 14.2. The summed E-state index contributed by atoms with van der Waals surface area (Å²) in [5, 5.41) is 3.76. The van der Waals surface area contributed by atoms with Gasteiger partial charge in [0.15, 0.2) is 0 Å². The molecule has 0 bridgehead atoms. The molecule has 1 aromatic heterocycles. The quantitative estimate of drug-likeness (QED) is 0.453. The SMILES string of the molecule is Cc1ccc(-c2ccc3ccccc3c2)c2cccnc12. The molecule has 4 aromatic rings. The summed E-state index contributed by atoms with van der Waals surface area (Å²) in [6.45, 7) is 2.11. The molecule has 1 nitrogen and oxygen atoms in total. The van der Waals surface area contributed by atoms with Crippen molar-refractivity contribution >= 4 is 21.7 Å². The van der Waals surface area contributed by atoms with Crippen LogP contribution in [0.1, 0.15) is 5.56 Å². The van der Waals surface area contributed by atoms with Crippen LogP contribution in [0.15, 0.2) is 72.9 Å².